The normalized spacial score (nSPS) is 13.7. The van der Waals surface area contributed by atoms with E-state index in [2.05, 4.69) is 0 Å². The molecule has 0 amide bonds. The Morgan fingerprint density at radius 2 is 1.78 bits per heavy atom. The first kappa shape index (κ1) is 16.4. The Morgan fingerprint density at radius 1 is 1.17 bits per heavy atom. The Labute approximate surface area is 106 Å². The quantitative estimate of drug-likeness (QED) is 0.611. The monoisotopic (exact) mass is 260 g/mol. The van der Waals surface area contributed by atoms with E-state index in [-0.39, 0.29) is 5.92 Å². The van der Waals surface area contributed by atoms with Crippen LogP contribution in [0.15, 0.2) is 0 Å². The predicted octanol–water partition coefficient (Wildman–Crippen LogP) is 1.67. The van der Waals surface area contributed by atoms with Crippen molar-refractivity contribution in [2.45, 2.75) is 52.1 Å². The number of carbonyl (C=O) groups is 3. The molecule has 0 bridgehead atoms. The zero-order valence-corrected chi connectivity index (χ0v) is 10.7. The molecule has 0 heterocycles. The zero-order valence-electron chi connectivity index (χ0n) is 10.7. The van der Waals surface area contributed by atoms with Crippen molar-refractivity contribution in [3.05, 3.63) is 0 Å². The lowest BCUT2D eigenvalue weighted by molar-refractivity contribution is -0.170. The number of unbranched alkanes of at least 4 members (excludes halogenated alkanes) is 1. The lowest BCUT2D eigenvalue weighted by atomic mass is 9.99. The van der Waals surface area contributed by atoms with Crippen LogP contribution in [0.3, 0.4) is 0 Å². The third kappa shape index (κ3) is 6.22. The summed E-state index contributed by atoms with van der Waals surface area (Å²) in [6, 6.07) is 0. The van der Waals surface area contributed by atoms with Crippen molar-refractivity contribution >= 4 is 17.9 Å². The van der Waals surface area contributed by atoms with Crippen molar-refractivity contribution in [2.75, 3.05) is 0 Å². The fraction of sp³-hybridized carbons (Fsp3) is 0.750. The van der Waals surface area contributed by atoms with Gasteiger partial charge in [0.2, 0.25) is 6.10 Å². The number of ether oxygens (including phenoxy) is 1. The van der Waals surface area contributed by atoms with Crippen LogP contribution in [0.2, 0.25) is 0 Å². The van der Waals surface area contributed by atoms with E-state index in [9.17, 15) is 14.4 Å². The van der Waals surface area contributed by atoms with Gasteiger partial charge in [-0.1, -0.05) is 26.7 Å². The van der Waals surface area contributed by atoms with E-state index < -0.39 is 30.4 Å². The number of aliphatic carboxylic acids is 2. The van der Waals surface area contributed by atoms with Gasteiger partial charge in [0.1, 0.15) is 0 Å². The standard InChI is InChI=1S/C12H20O6/c1-3-5-6-8(4-2)12(17)18-9(11(15)16)7-10(13)14/h8-9H,3-7H2,1-2H3,(H,13,14)(H,15,16). The summed E-state index contributed by atoms with van der Waals surface area (Å²) < 4.78 is 4.75. The van der Waals surface area contributed by atoms with Crippen LogP contribution in [0.1, 0.15) is 46.0 Å². The van der Waals surface area contributed by atoms with Crippen LogP contribution in [-0.2, 0) is 19.1 Å². The van der Waals surface area contributed by atoms with E-state index >= 15 is 0 Å². The van der Waals surface area contributed by atoms with Crippen LogP contribution in [0.25, 0.3) is 0 Å². The fourth-order valence-electron chi connectivity index (χ4n) is 1.51. The molecular weight excluding hydrogens is 240 g/mol. The van der Waals surface area contributed by atoms with Gasteiger partial charge < -0.3 is 14.9 Å². The number of carbonyl (C=O) groups excluding carboxylic acids is 1. The first-order valence-electron chi connectivity index (χ1n) is 6.07. The predicted molar refractivity (Wildman–Crippen MR) is 63.1 cm³/mol. The molecule has 0 aliphatic heterocycles. The van der Waals surface area contributed by atoms with Gasteiger partial charge >= 0.3 is 17.9 Å². The highest BCUT2D eigenvalue weighted by Gasteiger charge is 2.28. The van der Waals surface area contributed by atoms with Crippen molar-refractivity contribution < 1.29 is 29.3 Å². The second kappa shape index (κ2) is 8.49. The maximum Gasteiger partial charge on any atom is 0.345 e. The topological polar surface area (TPSA) is 101 Å². The van der Waals surface area contributed by atoms with E-state index in [1.165, 1.54) is 0 Å². The van der Waals surface area contributed by atoms with Crippen LogP contribution in [0.5, 0.6) is 0 Å². The summed E-state index contributed by atoms with van der Waals surface area (Å²) >= 11 is 0. The van der Waals surface area contributed by atoms with Crippen molar-refractivity contribution in [2.24, 2.45) is 5.92 Å². The lowest BCUT2D eigenvalue weighted by Gasteiger charge is -2.17. The van der Waals surface area contributed by atoms with Gasteiger partial charge in [-0.05, 0) is 12.8 Å². The summed E-state index contributed by atoms with van der Waals surface area (Å²) in [6.45, 7) is 3.80. The largest absolute Gasteiger partial charge is 0.481 e. The van der Waals surface area contributed by atoms with Gasteiger partial charge in [0.25, 0.3) is 0 Å². The van der Waals surface area contributed by atoms with Crippen molar-refractivity contribution in [1.82, 2.24) is 0 Å². The number of esters is 1. The Kier molecular flexibility index (Phi) is 7.74. The molecule has 0 aliphatic carbocycles. The van der Waals surface area contributed by atoms with Gasteiger partial charge in [-0.25, -0.2) is 4.79 Å². The van der Waals surface area contributed by atoms with Gasteiger partial charge in [-0.15, -0.1) is 0 Å². The summed E-state index contributed by atoms with van der Waals surface area (Å²) in [7, 11) is 0. The molecule has 0 aromatic heterocycles. The van der Waals surface area contributed by atoms with Crippen molar-refractivity contribution in [3.63, 3.8) is 0 Å². The smallest absolute Gasteiger partial charge is 0.345 e. The molecule has 0 rings (SSSR count). The molecular formula is C12H20O6. The lowest BCUT2D eigenvalue weighted by Crippen LogP contribution is -2.32. The second-order valence-electron chi connectivity index (χ2n) is 4.11. The van der Waals surface area contributed by atoms with Crippen molar-refractivity contribution in [1.29, 1.82) is 0 Å². The molecule has 0 spiro atoms. The molecule has 0 saturated carbocycles. The van der Waals surface area contributed by atoms with Gasteiger partial charge in [-0.3, -0.25) is 9.59 Å². The summed E-state index contributed by atoms with van der Waals surface area (Å²) in [5.74, 6) is -3.73. The highest BCUT2D eigenvalue weighted by atomic mass is 16.6. The molecule has 0 saturated heterocycles. The average molecular weight is 260 g/mol. The molecule has 0 aromatic carbocycles. The summed E-state index contributed by atoms with van der Waals surface area (Å²) in [5, 5.41) is 17.3. The molecule has 6 heteroatoms. The minimum Gasteiger partial charge on any atom is -0.481 e. The molecule has 0 radical (unpaired) electrons. The Morgan fingerprint density at radius 3 is 2.17 bits per heavy atom. The van der Waals surface area contributed by atoms with E-state index in [0.29, 0.717) is 12.8 Å². The molecule has 2 N–H and O–H groups in total. The summed E-state index contributed by atoms with van der Waals surface area (Å²) in [5.41, 5.74) is 0. The second-order valence-corrected chi connectivity index (χ2v) is 4.11. The molecule has 0 aromatic rings. The first-order chi connectivity index (χ1) is 8.42. The van der Waals surface area contributed by atoms with E-state index in [4.69, 9.17) is 14.9 Å². The third-order valence-corrected chi connectivity index (χ3v) is 2.63. The number of carboxylic acid groups (broad SMARTS) is 2. The van der Waals surface area contributed by atoms with E-state index in [1.54, 1.807) is 0 Å². The molecule has 2 unspecified atom stereocenters. The molecule has 0 aliphatic rings. The molecule has 2 atom stereocenters. The Balaban J connectivity index is 4.46. The summed E-state index contributed by atoms with van der Waals surface area (Å²) in [6.07, 6.45) is 0.644. The SMILES string of the molecule is CCCCC(CC)C(=O)OC(CC(=O)O)C(=O)O. The van der Waals surface area contributed by atoms with E-state index in [0.717, 1.165) is 12.8 Å². The summed E-state index contributed by atoms with van der Waals surface area (Å²) in [4.78, 5) is 32.9. The van der Waals surface area contributed by atoms with Crippen molar-refractivity contribution in [3.8, 4) is 0 Å². The maximum absolute atomic E-state index is 11.7. The number of hydrogen-bond donors (Lipinski definition) is 2. The molecule has 104 valence electrons. The van der Waals surface area contributed by atoms with E-state index in [1.807, 2.05) is 13.8 Å². The van der Waals surface area contributed by atoms with Crippen LogP contribution < -0.4 is 0 Å². The van der Waals surface area contributed by atoms with Gasteiger partial charge in [-0.2, -0.15) is 0 Å². The number of carboxylic acids is 2. The van der Waals surface area contributed by atoms with Gasteiger partial charge in [0.15, 0.2) is 0 Å². The highest BCUT2D eigenvalue weighted by molar-refractivity contribution is 5.83. The van der Waals surface area contributed by atoms with Gasteiger partial charge in [0, 0.05) is 0 Å². The van der Waals surface area contributed by atoms with Crippen LogP contribution >= 0.6 is 0 Å². The highest BCUT2D eigenvalue weighted by Crippen LogP contribution is 2.16. The number of rotatable bonds is 9. The molecule has 0 fully saturated rings. The molecule has 6 nitrogen and oxygen atoms in total. The van der Waals surface area contributed by atoms with Gasteiger partial charge in [0.05, 0.1) is 12.3 Å². The Hall–Kier alpha value is -1.59. The minimum atomic E-state index is -1.61. The molecule has 18 heavy (non-hydrogen) atoms. The zero-order chi connectivity index (χ0) is 14.1. The van der Waals surface area contributed by atoms with Crippen LogP contribution in [-0.4, -0.2) is 34.2 Å². The minimum absolute atomic E-state index is 0.361. The van der Waals surface area contributed by atoms with Crippen LogP contribution in [0, 0.1) is 5.92 Å². The average Bonchev–Trinajstić information content (AvgIpc) is 2.28. The van der Waals surface area contributed by atoms with Crippen LogP contribution in [0.4, 0.5) is 0 Å². The number of hydrogen-bond acceptors (Lipinski definition) is 4. The Bertz CT molecular complexity index is 299. The third-order valence-electron chi connectivity index (χ3n) is 2.63. The fourth-order valence-corrected chi connectivity index (χ4v) is 1.51. The maximum atomic E-state index is 11.7. The first-order valence-corrected chi connectivity index (χ1v) is 6.07.